The number of amides is 2. The summed E-state index contributed by atoms with van der Waals surface area (Å²) in [4.78, 5) is 24.5. The third-order valence-electron chi connectivity index (χ3n) is 4.64. The van der Waals surface area contributed by atoms with E-state index in [1.165, 1.54) is 0 Å². The van der Waals surface area contributed by atoms with Gasteiger partial charge in [0.15, 0.2) is 0 Å². The van der Waals surface area contributed by atoms with Crippen LogP contribution < -0.4 is 10.6 Å². The number of benzene rings is 2. The number of carbonyl (C=O) groups excluding carboxylic acids is 2. The van der Waals surface area contributed by atoms with Crippen LogP contribution in [0.25, 0.3) is 0 Å². The molecule has 2 amide bonds. The van der Waals surface area contributed by atoms with Gasteiger partial charge in [0.1, 0.15) is 6.10 Å². The van der Waals surface area contributed by atoms with Crippen molar-refractivity contribution in [1.82, 2.24) is 5.32 Å². The Hall–Kier alpha value is -2.82. The Labute approximate surface area is 153 Å². The summed E-state index contributed by atoms with van der Waals surface area (Å²) >= 11 is 0. The molecule has 2 aromatic rings. The van der Waals surface area contributed by atoms with Crippen LogP contribution in [0.15, 0.2) is 54.6 Å². The second-order valence-electron chi connectivity index (χ2n) is 6.67. The highest BCUT2D eigenvalue weighted by molar-refractivity contribution is 5.95. The first-order valence-corrected chi connectivity index (χ1v) is 9.01. The summed E-state index contributed by atoms with van der Waals surface area (Å²) in [6.07, 6.45) is 2.64. The molecule has 2 atom stereocenters. The summed E-state index contributed by atoms with van der Waals surface area (Å²) < 4.78 is 5.54. The van der Waals surface area contributed by atoms with Crippen molar-refractivity contribution in [3.63, 3.8) is 0 Å². The lowest BCUT2D eigenvalue weighted by Gasteiger charge is -2.29. The summed E-state index contributed by atoms with van der Waals surface area (Å²) in [5.74, 6) is -0.0671. The summed E-state index contributed by atoms with van der Waals surface area (Å²) in [6.45, 7) is 1.93. The minimum absolute atomic E-state index is 0.0189. The summed E-state index contributed by atoms with van der Waals surface area (Å²) in [7, 11) is 0. The van der Waals surface area contributed by atoms with E-state index in [9.17, 15) is 9.59 Å². The first-order valence-electron chi connectivity index (χ1n) is 9.01. The fourth-order valence-electron chi connectivity index (χ4n) is 3.29. The summed E-state index contributed by atoms with van der Waals surface area (Å²) in [6, 6.07) is 16.8. The fourth-order valence-corrected chi connectivity index (χ4v) is 3.29. The van der Waals surface area contributed by atoms with Crippen molar-refractivity contribution in [2.45, 2.75) is 44.8 Å². The maximum absolute atomic E-state index is 12.5. The Bertz CT molecular complexity index is 761. The zero-order chi connectivity index (χ0) is 18.4. The van der Waals surface area contributed by atoms with E-state index in [2.05, 4.69) is 10.6 Å². The molecule has 5 heteroatoms. The van der Waals surface area contributed by atoms with Crippen molar-refractivity contribution in [2.24, 2.45) is 0 Å². The van der Waals surface area contributed by atoms with Crippen LogP contribution in [0.4, 0.5) is 10.5 Å². The molecular weight excluding hydrogens is 328 g/mol. The van der Waals surface area contributed by atoms with Gasteiger partial charge in [-0.3, -0.25) is 10.1 Å². The molecule has 3 rings (SSSR count). The number of ether oxygens (including phenoxy) is 1. The van der Waals surface area contributed by atoms with Crippen LogP contribution >= 0.6 is 0 Å². The molecule has 0 radical (unpaired) electrons. The van der Waals surface area contributed by atoms with E-state index in [4.69, 9.17) is 4.74 Å². The molecule has 2 aromatic carbocycles. The van der Waals surface area contributed by atoms with E-state index in [-0.39, 0.29) is 18.1 Å². The summed E-state index contributed by atoms with van der Waals surface area (Å²) in [5, 5.41) is 5.81. The van der Waals surface area contributed by atoms with Crippen LogP contribution in [0.3, 0.4) is 0 Å². The number of hydrogen-bond acceptors (Lipinski definition) is 3. The van der Waals surface area contributed by atoms with Crippen molar-refractivity contribution < 1.29 is 14.3 Å². The van der Waals surface area contributed by atoms with Crippen molar-refractivity contribution in [2.75, 3.05) is 5.32 Å². The van der Waals surface area contributed by atoms with Crippen LogP contribution in [0, 0.1) is 6.92 Å². The SMILES string of the molecule is Cc1ccccc1C(=O)NC1CCCC(OC(=O)Nc2ccccc2)C1. The monoisotopic (exact) mass is 352 g/mol. The average Bonchev–Trinajstić information content (AvgIpc) is 2.63. The second-order valence-corrected chi connectivity index (χ2v) is 6.67. The normalized spacial score (nSPS) is 19.4. The molecule has 0 spiro atoms. The third kappa shape index (κ3) is 4.85. The number of carbonyl (C=O) groups is 2. The van der Waals surface area contributed by atoms with Gasteiger partial charge in [-0.1, -0.05) is 36.4 Å². The molecule has 1 saturated carbocycles. The zero-order valence-corrected chi connectivity index (χ0v) is 14.9. The molecule has 136 valence electrons. The molecular formula is C21H24N2O3. The molecule has 1 aliphatic rings. The Morgan fingerprint density at radius 1 is 1.00 bits per heavy atom. The maximum atomic E-state index is 12.5. The Balaban J connectivity index is 1.52. The molecule has 1 fully saturated rings. The molecule has 26 heavy (non-hydrogen) atoms. The van der Waals surface area contributed by atoms with E-state index in [0.717, 1.165) is 24.8 Å². The second kappa shape index (κ2) is 8.52. The quantitative estimate of drug-likeness (QED) is 0.863. The maximum Gasteiger partial charge on any atom is 0.411 e. The predicted molar refractivity (Wildman–Crippen MR) is 101 cm³/mol. The van der Waals surface area contributed by atoms with Gasteiger partial charge >= 0.3 is 6.09 Å². The van der Waals surface area contributed by atoms with E-state index in [0.29, 0.717) is 17.7 Å². The van der Waals surface area contributed by atoms with Crippen molar-refractivity contribution >= 4 is 17.7 Å². The van der Waals surface area contributed by atoms with Crippen LogP contribution in [-0.4, -0.2) is 24.1 Å². The van der Waals surface area contributed by atoms with Gasteiger partial charge in [-0.2, -0.15) is 0 Å². The molecule has 0 bridgehead atoms. The first kappa shape index (κ1) is 18.0. The molecule has 0 heterocycles. The molecule has 0 saturated heterocycles. The standard InChI is InChI=1S/C21H24N2O3/c1-15-8-5-6-13-19(15)20(24)22-17-11-7-12-18(14-17)26-21(25)23-16-9-3-2-4-10-16/h2-6,8-10,13,17-18H,7,11-12,14H2,1H3,(H,22,24)(H,23,25). The smallest absolute Gasteiger partial charge is 0.411 e. The molecule has 2 unspecified atom stereocenters. The molecule has 2 N–H and O–H groups in total. The number of aryl methyl sites for hydroxylation is 1. The Morgan fingerprint density at radius 2 is 1.73 bits per heavy atom. The minimum Gasteiger partial charge on any atom is -0.446 e. The number of anilines is 1. The summed E-state index contributed by atoms with van der Waals surface area (Å²) in [5.41, 5.74) is 2.35. The predicted octanol–water partition coefficient (Wildman–Crippen LogP) is 4.28. The Kier molecular flexibility index (Phi) is 5.89. The third-order valence-corrected chi connectivity index (χ3v) is 4.64. The number of nitrogens with one attached hydrogen (secondary N) is 2. The lowest BCUT2D eigenvalue weighted by atomic mass is 9.92. The van der Waals surface area contributed by atoms with Gasteiger partial charge in [0.25, 0.3) is 5.91 Å². The molecule has 1 aliphatic carbocycles. The van der Waals surface area contributed by atoms with E-state index in [1.807, 2.05) is 61.5 Å². The highest BCUT2D eigenvalue weighted by Crippen LogP contribution is 2.22. The van der Waals surface area contributed by atoms with E-state index in [1.54, 1.807) is 0 Å². The van der Waals surface area contributed by atoms with Gasteiger partial charge in [-0.25, -0.2) is 4.79 Å². The van der Waals surface area contributed by atoms with Gasteiger partial charge < -0.3 is 10.1 Å². The van der Waals surface area contributed by atoms with Crippen LogP contribution in [-0.2, 0) is 4.74 Å². The average molecular weight is 352 g/mol. The lowest BCUT2D eigenvalue weighted by Crippen LogP contribution is -2.41. The van der Waals surface area contributed by atoms with E-state index < -0.39 is 6.09 Å². The number of rotatable bonds is 4. The molecule has 0 aliphatic heterocycles. The first-order chi connectivity index (χ1) is 12.6. The minimum atomic E-state index is -0.452. The van der Waals surface area contributed by atoms with E-state index >= 15 is 0 Å². The largest absolute Gasteiger partial charge is 0.446 e. The van der Waals surface area contributed by atoms with Gasteiger partial charge in [0.05, 0.1) is 0 Å². The van der Waals surface area contributed by atoms with Gasteiger partial charge in [0, 0.05) is 23.7 Å². The molecule has 0 aromatic heterocycles. The highest BCUT2D eigenvalue weighted by Gasteiger charge is 2.26. The van der Waals surface area contributed by atoms with Crippen LogP contribution in [0.2, 0.25) is 0 Å². The highest BCUT2D eigenvalue weighted by atomic mass is 16.6. The lowest BCUT2D eigenvalue weighted by molar-refractivity contribution is 0.0712. The van der Waals surface area contributed by atoms with Gasteiger partial charge in [-0.15, -0.1) is 0 Å². The number of para-hydroxylation sites is 1. The zero-order valence-electron chi connectivity index (χ0n) is 14.9. The van der Waals surface area contributed by atoms with Crippen molar-refractivity contribution in [3.8, 4) is 0 Å². The van der Waals surface area contributed by atoms with Crippen molar-refractivity contribution in [3.05, 3.63) is 65.7 Å². The molecule has 5 nitrogen and oxygen atoms in total. The van der Waals surface area contributed by atoms with Gasteiger partial charge in [0.2, 0.25) is 0 Å². The topological polar surface area (TPSA) is 67.4 Å². The fraction of sp³-hybridized carbons (Fsp3) is 0.333. The van der Waals surface area contributed by atoms with Gasteiger partial charge in [-0.05, 0) is 49.9 Å². The number of hydrogen-bond donors (Lipinski definition) is 2. The van der Waals surface area contributed by atoms with Crippen LogP contribution in [0.5, 0.6) is 0 Å². The van der Waals surface area contributed by atoms with Crippen LogP contribution in [0.1, 0.15) is 41.6 Å². The van der Waals surface area contributed by atoms with Crippen molar-refractivity contribution in [1.29, 1.82) is 0 Å². The Morgan fingerprint density at radius 3 is 2.50 bits per heavy atom.